The minimum Gasteiger partial charge on any atom is -0.326 e. The van der Waals surface area contributed by atoms with E-state index >= 15 is 0 Å². The number of pyridine rings is 2. The van der Waals surface area contributed by atoms with E-state index in [9.17, 15) is 19.7 Å². The van der Waals surface area contributed by atoms with Crippen molar-refractivity contribution in [1.29, 1.82) is 0 Å². The Morgan fingerprint density at radius 2 is 1.50 bits per heavy atom. The Morgan fingerprint density at radius 1 is 0.955 bits per heavy atom. The Balaban J connectivity index is 0.000000397. The minimum atomic E-state index is -0.689. The number of nitro groups is 1. The number of rotatable bonds is 1. The van der Waals surface area contributed by atoms with Crippen LogP contribution in [0.2, 0.25) is 0 Å². The molecule has 120 valence electrons. The van der Waals surface area contributed by atoms with Gasteiger partial charge in [-0.2, -0.15) is 0 Å². The highest BCUT2D eigenvalue weighted by molar-refractivity contribution is 5.32. The standard InChI is InChI=1S/C7H8N2O3.C7H9NO.CH4/c1-4-3-6(9(11)12)7(10)8-5(4)2;1-5-3-4-7(9)8-6(5)2;/h3H,1-2H3,(H,8,10);3-4H,1-2H3,(H,8,9);1H4. The molecule has 2 heterocycles. The average Bonchev–Trinajstić information content (AvgIpc) is 2.39. The Bertz CT molecular complexity index is 775. The first-order valence-corrected chi connectivity index (χ1v) is 6.24. The molecule has 2 aromatic heterocycles. The molecule has 0 saturated heterocycles. The summed E-state index contributed by atoms with van der Waals surface area (Å²) in [6, 6.07) is 4.62. The maximum atomic E-state index is 10.9. The smallest absolute Gasteiger partial charge is 0.326 e. The Morgan fingerprint density at radius 3 is 1.95 bits per heavy atom. The molecule has 22 heavy (non-hydrogen) atoms. The van der Waals surface area contributed by atoms with Crippen LogP contribution in [0.15, 0.2) is 27.8 Å². The summed E-state index contributed by atoms with van der Waals surface area (Å²) in [7, 11) is 0. The monoisotopic (exact) mass is 307 g/mol. The van der Waals surface area contributed by atoms with E-state index in [0.717, 1.165) is 11.3 Å². The zero-order chi connectivity index (χ0) is 16.2. The maximum absolute atomic E-state index is 10.9. The van der Waals surface area contributed by atoms with Crippen molar-refractivity contribution in [1.82, 2.24) is 9.97 Å². The van der Waals surface area contributed by atoms with Crippen molar-refractivity contribution in [3.05, 3.63) is 71.5 Å². The van der Waals surface area contributed by atoms with Gasteiger partial charge in [-0.3, -0.25) is 19.7 Å². The highest BCUT2D eigenvalue weighted by Gasteiger charge is 2.12. The molecule has 2 N–H and O–H groups in total. The van der Waals surface area contributed by atoms with Crippen molar-refractivity contribution >= 4 is 5.69 Å². The summed E-state index contributed by atoms with van der Waals surface area (Å²) in [5.41, 5.74) is 2.35. The van der Waals surface area contributed by atoms with E-state index in [2.05, 4.69) is 9.97 Å². The lowest BCUT2D eigenvalue weighted by Crippen LogP contribution is -2.13. The van der Waals surface area contributed by atoms with Crippen LogP contribution in [0.1, 0.15) is 29.9 Å². The molecule has 0 atom stereocenters. The molecule has 0 aliphatic rings. The first kappa shape index (κ1) is 19.3. The molecule has 0 unspecified atom stereocenters. The van der Waals surface area contributed by atoms with Gasteiger partial charge in [0.2, 0.25) is 5.56 Å². The van der Waals surface area contributed by atoms with E-state index in [1.165, 1.54) is 12.1 Å². The van der Waals surface area contributed by atoms with E-state index in [1.54, 1.807) is 13.8 Å². The van der Waals surface area contributed by atoms with Crippen LogP contribution in [0.3, 0.4) is 0 Å². The number of aromatic nitrogens is 2. The summed E-state index contributed by atoms with van der Waals surface area (Å²) in [6.07, 6.45) is 0. The van der Waals surface area contributed by atoms with E-state index < -0.39 is 16.2 Å². The number of nitrogens with one attached hydrogen (secondary N) is 2. The molecule has 0 amide bonds. The summed E-state index contributed by atoms with van der Waals surface area (Å²) >= 11 is 0. The molecule has 0 radical (unpaired) electrons. The van der Waals surface area contributed by atoms with Crippen LogP contribution >= 0.6 is 0 Å². The van der Waals surface area contributed by atoms with Gasteiger partial charge in [0.05, 0.1) is 4.92 Å². The summed E-state index contributed by atoms with van der Waals surface area (Å²) in [5, 5.41) is 10.3. The molecule has 2 rings (SSSR count). The molecular weight excluding hydrogens is 286 g/mol. The lowest BCUT2D eigenvalue weighted by molar-refractivity contribution is -0.386. The van der Waals surface area contributed by atoms with Crippen molar-refractivity contribution in [3.63, 3.8) is 0 Å². The van der Waals surface area contributed by atoms with Gasteiger partial charge in [0, 0.05) is 23.5 Å². The minimum absolute atomic E-state index is 0. The molecule has 0 aromatic carbocycles. The third-order valence-corrected chi connectivity index (χ3v) is 3.06. The molecule has 7 nitrogen and oxygen atoms in total. The van der Waals surface area contributed by atoms with Crippen LogP contribution < -0.4 is 11.1 Å². The maximum Gasteiger partial charge on any atom is 0.334 e. The van der Waals surface area contributed by atoms with Gasteiger partial charge in [0.15, 0.2) is 0 Å². The molecule has 0 aliphatic heterocycles. The van der Waals surface area contributed by atoms with Crippen molar-refractivity contribution in [2.24, 2.45) is 0 Å². The summed E-state index contributed by atoms with van der Waals surface area (Å²) in [6.45, 7) is 7.25. The third-order valence-electron chi connectivity index (χ3n) is 3.06. The van der Waals surface area contributed by atoms with Gasteiger partial charge in [0.1, 0.15) is 0 Å². The van der Waals surface area contributed by atoms with Crippen LogP contribution in [0.4, 0.5) is 5.69 Å². The summed E-state index contributed by atoms with van der Waals surface area (Å²) in [5.74, 6) is 0. The van der Waals surface area contributed by atoms with Crippen LogP contribution in [-0.2, 0) is 0 Å². The lowest BCUT2D eigenvalue weighted by Gasteiger charge is -1.97. The summed E-state index contributed by atoms with van der Waals surface area (Å²) < 4.78 is 0. The van der Waals surface area contributed by atoms with Gasteiger partial charge in [-0.05, 0) is 38.8 Å². The van der Waals surface area contributed by atoms with Crippen molar-refractivity contribution in [2.45, 2.75) is 35.1 Å². The first-order valence-electron chi connectivity index (χ1n) is 6.24. The number of aryl methyl sites for hydroxylation is 4. The molecule has 2 aromatic rings. The second-order valence-corrected chi connectivity index (χ2v) is 4.68. The van der Waals surface area contributed by atoms with Gasteiger partial charge in [-0.1, -0.05) is 13.5 Å². The lowest BCUT2D eigenvalue weighted by atomic mass is 10.2. The Labute approximate surface area is 128 Å². The van der Waals surface area contributed by atoms with Gasteiger partial charge in [-0.15, -0.1) is 0 Å². The summed E-state index contributed by atoms with van der Waals surface area (Å²) in [4.78, 5) is 36.2. The van der Waals surface area contributed by atoms with E-state index in [4.69, 9.17) is 0 Å². The van der Waals surface area contributed by atoms with Crippen LogP contribution in [0.5, 0.6) is 0 Å². The van der Waals surface area contributed by atoms with Crippen LogP contribution in [-0.4, -0.2) is 14.9 Å². The topological polar surface area (TPSA) is 109 Å². The van der Waals surface area contributed by atoms with Gasteiger partial charge in [0.25, 0.3) is 0 Å². The highest BCUT2D eigenvalue weighted by atomic mass is 16.6. The predicted molar refractivity (Wildman–Crippen MR) is 86.5 cm³/mol. The zero-order valence-corrected chi connectivity index (χ0v) is 12.3. The first-order chi connectivity index (χ1) is 9.72. The van der Waals surface area contributed by atoms with Crippen molar-refractivity contribution in [2.75, 3.05) is 0 Å². The highest BCUT2D eigenvalue weighted by Crippen LogP contribution is 2.08. The second-order valence-electron chi connectivity index (χ2n) is 4.68. The fourth-order valence-electron chi connectivity index (χ4n) is 1.50. The Hall–Kier alpha value is -2.70. The molecular formula is C15H21N3O4. The largest absolute Gasteiger partial charge is 0.334 e. The predicted octanol–water partition coefficient (Wildman–Crippen LogP) is 2.53. The number of H-pyrrole nitrogens is 2. The number of hydrogen-bond donors (Lipinski definition) is 2. The van der Waals surface area contributed by atoms with E-state index in [1.807, 2.05) is 19.9 Å². The molecule has 0 spiro atoms. The van der Waals surface area contributed by atoms with Crippen molar-refractivity contribution in [3.8, 4) is 0 Å². The number of hydrogen-bond acceptors (Lipinski definition) is 4. The fourth-order valence-corrected chi connectivity index (χ4v) is 1.50. The van der Waals surface area contributed by atoms with Crippen molar-refractivity contribution < 1.29 is 4.92 Å². The van der Waals surface area contributed by atoms with E-state index in [0.29, 0.717) is 11.3 Å². The molecule has 7 heteroatoms. The average molecular weight is 307 g/mol. The second kappa shape index (κ2) is 7.92. The zero-order valence-electron chi connectivity index (χ0n) is 12.3. The Kier molecular flexibility index (Phi) is 6.95. The van der Waals surface area contributed by atoms with Crippen LogP contribution in [0.25, 0.3) is 0 Å². The molecule has 0 aliphatic carbocycles. The molecule has 0 fully saturated rings. The normalized spacial score (nSPS) is 9.27. The quantitative estimate of drug-likeness (QED) is 0.623. The van der Waals surface area contributed by atoms with Gasteiger partial charge >= 0.3 is 11.2 Å². The van der Waals surface area contributed by atoms with E-state index in [-0.39, 0.29) is 13.0 Å². The fraction of sp³-hybridized carbons (Fsp3) is 0.333. The molecule has 0 saturated carbocycles. The van der Waals surface area contributed by atoms with Crippen LogP contribution in [0, 0.1) is 37.8 Å². The number of nitrogens with zero attached hydrogens (tertiary/aromatic N) is 1. The molecule has 0 bridgehead atoms. The number of aromatic amines is 2. The van der Waals surface area contributed by atoms with Gasteiger partial charge in [-0.25, -0.2) is 0 Å². The van der Waals surface area contributed by atoms with Gasteiger partial charge < -0.3 is 9.97 Å². The third kappa shape index (κ3) is 5.01. The SMILES string of the molecule is C.Cc1cc([N+](=O)[O-])c(=O)[nH]c1C.Cc1ccc(=O)[nH]c1C.